The summed E-state index contributed by atoms with van der Waals surface area (Å²) in [6, 6.07) is 16.7. The Bertz CT molecular complexity index is 914. The van der Waals surface area contributed by atoms with Crippen LogP contribution in [-0.2, 0) is 0 Å². The number of hydrogen-bond donors (Lipinski definition) is 0. The summed E-state index contributed by atoms with van der Waals surface area (Å²) < 4.78 is 15.0. The molecule has 120 valence electrons. The van der Waals surface area contributed by atoms with E-state index in [1.165, 1.54) is 17.7 Å². The lowest BCUT2D eigenvalue weighted by Gasteiger charge is -2.22. The van der Waals surface area contributed by atoms with Crippen LogP contribution in [0.15, 0.2) is 59.6 Å². The Morgan fingerprint density at radius 3 is 2.42 bits per heavy atom. The Morgan fingerprint density at radius 2 is 1.71 bits per heavy atom. The highest BCUT2D eigenvalue weighted by atomic mass is 32.2. The van der Waals surface area contributed by atoms with Crippen LogP contribution in [-0.4, -0.2) is 14.8 Å². The molecule has 0 fully saturated rings. The third-order valence-electron chi connectivity index (χ3n) is 4.07. The molecule has 3 aromatic rings. The van der Waals surface area contributed by atoms with Crippen molar-refractivity contribution in [3.8, 4) is 5.69 Å². The maximum atomic E-state index is 13.2. The number of hydrogen-bond acceptors (Lipinski definition) is 3. The zero-order valence-electron chi connectivity index (χ0n) is 13.4. The van der Waals surface area contributed by atoms with Crippen LogP contribution in [0, 0.1) is 12.7 Å². The number of thioether (sulfide) groups is 1. The number of aromatic nitrogens is 2. The van der Waals surface area contributed by atoms with E-state index >= 15 is 0 Å². The predicted molar refractivity (Wildman–Crippen MR) is 96.9 cm³/mol. The zero-order chi connectivity index (χ0) is 16.7. The minimum Gasteiger partial charge on any atom is -0.227 e. The van der Waals surface area contributed by atoms with Gasteiger partial charge >= 0.3 is 0 Å². The molecule has 0 N–H and O–H groups in total. The van der Waals surface area contributed by atoms with Crippen LogP contribution < -0.4 is 0 Å². The lowest BCUT2D eigenvalue weighted by molar-refractivity contribution is 0.627. The van der Waals surface area contributed by atoms with Crippen molar-refractivity contribution in [1.82, 2.24) is 9.78 Å². The fourth-order valence-corrected chi connectivity index (χ4v) is 4.14. The fraction of sp³-hybridized carbons (Fsp3) is 0.158. The van der Waals surface area contributed by atoms with Crippen LogP contribution in [0.5, 0.6) is 0 Å². The van der Waals surface area contributed by atoms with E-state index in [9.17, 15) is 4.39 Å². The van der Waals surface area contributed by atoms with E-state index in [-0.39, 0.29) is 11.1 Å². The van der Waals surface area contributed by atoms with Crippen LogP contribution in [0.25, 0.3) is 5.69 Å². The van der Waals surface area contributed by atoms with Gasteiger partial charge in [0.05, 0.1) is 21.7 Å². The monoisotopic (exact) mass is 337 g/mol. The van der Waals surface area contributed by atoms with Crippen molar-refractivity contribution in [1.29, 1.82) is 0 Å². The molecule has 4 rings (SSSR count). The first-order valence-electron chi connectivity index (χ1n) is 7.76. The third-order valence-corrected chi connectivity index (χ3v) is 5.24. The van der Waals surface area contributed by atoms with E-state index in [1.807, 2.05) is 24.6 Å². The molecule has 3 nitrogen and oxygen atoms in total. The molecule has 2 aromatic carbocycles. The summed E-state index contributed by atoms with van der Waals surface area (Å²) in [4.78, 5) is 4.73. The molecule has 0 unspecified atom stereocenters. The molecular formula is C19H16FN3S. The molecule has 0 bridgehead atoms. The third kappa shape index (κ3) is 2.55. The minimum atomic E-state index is -0.256. The van der Waals surface area contributed by atoms with E-state index in [1.54, 1.807) is 23.9 Å². The minimum absolute atomic E-state index is 0.174. The zero-order valence-corrected chi connectivity index (χ0v) is 14.2. The summed E-state index contributed by atoms with van der Waals surface area (Å²) in [5.74, 6) is 0.582. The second kappa shape index (κ2) is 5.91. The lowest BCUT2D eigenvalue weighted by atomic mass is 10.0. The molecule has 0 radical (unpaired) electrons. The van der Waals surface area contributed by atoms with Crippen LogP contribution in [0.2, 0.25) is 0 Å². The van der Waals surface area contributed by atoms with E-state index in [0.717, 1.165) is 27.8 Å². The molecule has 1 aromatic heterocycles. The van der Waals surface area contributed by atoms with E-state index in [0.29, 0.717) is 0 Å². The van der Waals surface area contributed by atoms with Crippen molar-refractivity contribution in [2.45, 2.75) is 19.1 Å². The molecular weight excluding hydrogens is 321 g/mol. The standard InChI is InChI=1S/C19H16FN3S/c1-12-17-18(14-6-4-3-5-7-14)24-13(2)21-19(17)23(22-12)16-10-8-15(20)9-11-16/h3-11,18H,1-2H3/t18-/m1/s1. The first-order chi connectivity index (χ1) is 11.6. The molecule has 2 heterocycles. The van der Waals surface area contributed by atoms with E-state index in [4.69, 9.17) is 4.99 Å². The number of aryl methyl sites for hydroxylation is 1. The van der Waals surface area contributed by atoms with Crippen molar-refractivity contribution in [2.75, 3.05) is 0 Å². The van der Waals surface area contributed by atoms with E-state index < -0.39 is 0 Å². The van der Waals surface area contributed by atoms with Gasteiger partial charge in [-0.05, 0) is 43.7 Å². The van der Waals surface area contributed by atoms with Crippen LogP contribution in [0.4, 0.5) is 10.2 Å². The van der Waals surface area contributed by atoms with Crippen molar-refractivity contribution in [2.24, 2.45) is 4.99 Å². The van der Waals surface area contributed by atoms with Crippen LogP contribution >= 0.6 is 11.8 Å². The Labute approximate surface area is 144 Å². The molecule has 0 spiro atoms. The predicted octanol–water partition coefficient (Wildman–Crippen LogP) is 5.21. The van der Waals surface area contributed by atoms with Crippen LogP contribution in [0.1, 0.15) is 29.0 Å². The van der Waals surface area contributed by atoms with Gasteiger partial charge in [-0.2, -0.15) is 5.10 Å². The molecule has 1 aliphatic rings. The fourth-order valence-electron chi connectivity index (χ4n) is 2.97. The average molecular weight is 337 g/mol. The average Bonchev–Trinajstić information content (AvgIpc) is 2.92. The number of benzene rings is 2. The summed E-state index contributed by atoms with van der Waals surface area (Å²) in [5.41, 5.74) is 4.13. The van der Waals surface area contributed by atoms with Crippen molar-refractivity contribution < 1.29 is 4.39 Å². The number of halogens is 1. The quantitative estimate of drug-likeness (QED) is 0.643. The maximum Gasteiger partial charge on any atom is 0.161 e. The molecule has 1 atom stereocenters. The van der Waals surface area contributed by atoms with Gasteiger partial charge in [-0.1, -0.05) is 42.1 Å². The molecule has 0 saturated heterocycles. The molecule has 5 heteroatoms. The van der Waals surface area contributed by atoms with Gasteiger partial charge in [0.1, 0.15) is 5.82 Å². The maximum absolute atomic E-state index is 13.2. The highest BCUT2D eigenvalue weighted by Crippen LogP contribution is 2.47. The molecule has 0 saturated carbocycles. The summed E-state index contributed by atoms with van der Waals surface area (Å²) in [5, 5.41) is 5.85. The van der Waals surface area contributed by atoms with Crippen molar-refractivity contribution in [3.05, 3.63) is 77.2 Å². The van der Waals surface area contributed by atoms with Gasteiger partial charge in [0.15, 0.2) is 5.82 Å². The second-order valence-corrected chi connectivity index (χ2v) is 7.05. The Kier molecular flexibility index (Phi) is 3.73. The largest absolute Gasteiger partial charge is 0.227 e. The summed E-state index contributed by atoms with van der Waals surface area (Å²) >= 11 is 1.74. The summed E-state index contributed by atoms with van der Waals surface area (Å²) in [6.45, 7) is 4.02. The molecule has 0 aliphatic carbocycles. The van der Waals surface area contributed by atoms with Crippen LogP contribution in [0.3, 0.4) is 0 Å². The van der Waals surface area contributed by atoms with Gasteiger partial charge in [-0.25, -0.2) is 14.1 Å². The van der Waals surface area contributed by atoms with Gasteiger partial charge in [0, 0.05) is 5.56 Å². The highest BCUT2D eigenvalue weighted by Gasteiger charge is 2.29. The Hall–Kier alpha value is -2.40. The van der Waals surface area contributed by atoms with E-state index in [2.05, 4.69) is 29.4 Å². The number of aliphatic imine (C=N–C) groups is 1. The molecule has 0 amide bonds. The first kappa shape index (κ1) is 15.1. The first-order valence-corrected chi connectivity index (χ1v) is 8.64. The van der Waals surface area contributed by atoms with Gasteiger partial charge in [-0.15, -0.1) is 0 Å². The van der Waals surface area contributed by atoms with Gasteiger partial charge in [-0.3, -0.25) is 0 Å². The number of fused-ring (bicyclic) bond motifs is 1. The van der Waals surface area contributed by atoms with Gasteiger partial charge < -0.3 is 0 Å². The van der Waals surface area contributed by atoms with Crippen molar-refractivity contribution in [3.63, 3.8) is 0 Å². The SMILES string of the molecule is CC1=Nc2c(c(C)nn2-c2ccc(F)cc2)[C@@H](c2ccccc2)S1. The Morgan fingerprint density at radius 1 is 1.00 bits per heavy atom. The molecule has 1 aliphatic heterocycles. The topological polar surface area (TPSA) is 30.2 Å². The number of rotatable bonds is 2. The van der Waals surface area contributed by atoms with Gasteiger partial charge in [0.2, 0.25) is 0 Å². The summed E-state index contributed by atoms with van der Waals surface area (Å²) in [6.07, 6.45) is 0. The highest BCUT2D eigenvalue weighted by molar-refractivity contribution is 8.14. The second-order valence-electron chi connectivity index (χ2n) is 5.75. The van der Waals surface area contributed by atoms with Crippen molar-refractivity contribution >= 4 is 22.6 Å². The van der Waals surface area contributed by atoms with Gasteiger partial charge in [0.25, 0.3) is 0 Å². The normalized spacial score (nSPS) is 16.6. The molecule has 24 heavy (non-hydrogen) atoms. The number of nitrogens with zero attached hydrogens (tertiary/aromatic N) is 3. The Balaban J connectivity index is 1.89. The summed E-state index contributed by atoms with van der Waals surface area (Å²) in [7, 11) is 0. The lowest BCUT2D eigenvalue weighted by Crippen LogP contribution is -2.06. The smallest absolute Gasteiger partial charge is 0.161 e.